The Kier molecular flexibility index (Phi) is 16.1. The summed E-state index contributed by atoms with van der Waals surface area (Å²) in [6.07, 6.45) is 14.2. The summed E-state index contributed by atoms with van der Waals surface area (Å²) >= 11 is 0. The molecule has 0 saturated carbocycles. The number of hydrogen-bond donors (Lipinski definition) is 1. The Bertz CT molecular complexity index is 421. The summed E-state index contributed by atoms with van der Waals surface area (Å²) in [5, 5.41) is 8.79. The van der Waals surface area contributed by atoms with E-state index in [1.807, 2.05) is 0 Å². The molecule has 0 aliphatic heterocycles. The zero-order chi connectivity index (χ0) is 22.1. The van der Waals surface area contributed by atoms with Crippen molar-refractivity contribution >= 4 is 11.9 Å². The SMILES string of the molecule is CCCCCCCCC(OC(=O)CCCCC(=O)O)(C(C)CCC)C(C)CCC. The second-order valence-corrected chi connectivity index (χ2v) is 8.93. The lowest BCUT2D eigenvalue weighted by Crippen LogP contribution is -2.47. The number of carbonyl (C=O) groups excluding carboxylic acids is 1. The lowest BCUT2D eigenvalue weighted by molar-refractivity contribution is -0.177. The van der Waals surface area contributed by atoms with E-state index in [0.717, 1.165) is 38.5 Å². The van der Waals surface area contributed by atoms with Crippen molar-refractivity contribution in [3.8, 4) is 0 Å². The molecule has 0 bridgehead atoms. The number of ether oxygens (including phenoxy) is 1. The van der Waals surface area contributed by atoms with E-state index in [0.29, 0.717) is 31.1 Å². The highest BCUT2D eigenvalue weighted by Gasteiger charge is 2.43. The normalized spacial score (nSPS) is 15.5. The van der Waals surface area contributed by atoms with Gasteiger partial charge in [0, 0.05) is 12.8 Å². The third-order valence-corrected chi connectivity index (χ3v) is 6.36. The molecule has 2 unspecified atom stereocenters. The van der Waals surface area contributed by atoms with Gasteiger partial charge in [0.05, 0.1) is 0 Å². The summed E-state index contributed by atoms with van der Waals surface area (Å²) in [6, 6.07) is 0. The highest BCUT2D eigenvalue weighted by Crippen LogP contribution is 2.41. The van der Waals surface area contributed by atoms with Crippen LogP contribution in [0.4, 0.5) is 0 Å². The monoisotopic (exact) mass is 412 g/mol. The standard InChI is InChI=1S/C25H48O4/c1-6-9-10-11-12-15-20-25(21(4)16-7-2,22(5)17-8-3)29-24(28)19-14-13-18-23(26)27/h21-22H,6-20H2,1-5H3,(H,26,27). The average molecular weight is 413 g/mol. The summed E-state index contributed by atoms with van der Waals surface area (Å²) in [5.41, 5.74) is -0.388. The van der Waals surface area contributed by atoms with Crippen molar-refractivity contribution in [1.29, 1.82) is 0 Å². The second-order valence-electron chi connectivity index (χ2n) is 8.93. The van der Waals surface area contributed by atoms with Crippen LogP contribution in [0.3, 0.4) is 0 Å². The van der Waals surface area contributed by atoms with Gasteiger partial charge in [-0.25, -0.2) is 0 Å². The van der Waals surface area contributed by atoms with Gasteiger partial charge in [-0.05, 0) is 50.4 Å². The summed E-state index contributed by atoms with van der Waals surface area (Å²) in [5.74, 6) is -0.267. The molecule has 0 spiro atoms. The third kappa shape index (κ3) is 11.6. The molecule has 1 N–H and O–H groups in total. The van der Waals surface area contributed by atoms with Crippen LogP contribution < -0.4 is 0 Å². The molecule has 2 atom stereocenters. The lowest BCUT2D eigenvalue weighted by Gasteiger charge is -2.44. The fraction of sp³-hybridized carbons (Fsp3) is 0.920. The van der Waals surface area contributed by atoms with E-state index >= 15 is 0 Å². The molecule has 4 heteroatoms. The summed E-state index contributed by atoms with van der Waals surface area (Å²) in [7, 11) is 0. The highest BCUT2D eigenvalue weighted by molar-refractivity contribution is 5.70. The molecule has 0 aromatic carbocycles. The van der Waals surface area contributed by atoms with Gasteiger partial charge < -0.3 is 9.84 Å². The molecule has 0 saturated heterocycles. The Morgan fingerprint density at radius 3 is 1.79 bits per heavy atom. The van der Waals surface area contributed by atoms with Gasteiger partial charge in [0.25, 0.3) is 0 Å². The van der Waals surface area contributed by atoms with Crippen LogP contribution in [0.2, 0.25) is 0 Å². The van der Waals surface area contributed by atoms with Crippen LogP contribution in [0.25, 0.3) is 0 Å². The first-order valence-corrected chi connectivity index (χ1v) is 12.3. The lowest BCUT2D eigenvalue weighted by atomic mass is 9.71. The Morgan fingerprint density at radius 2 is 1.28 bits per heavy atom. The summed E-state index contributed by atoms with van der Waals surface area (Å²) in [4.78, 5) is 23.4. The predicted octanol–water partition coefficient (Wildman–Crippen LogP) is 7.54. The van der Waals surface area contributed by atoms with E-state index in [-0.39, 0.29) is 18.0 Å². The van der Waals surface area contributed by atoms with Crippen molar-refractivity contribution in [2.24, 2.45) is 11.8 Å². The molecular formula is C25H48O4. The van der Waals surface area contributed by atoms with Gasteiger partial charge in [0.15, 0.2) is 0 Å². The Morgan fingerprint density at radius 1 is 0.759 bits per heavy atom. The van der Waals surface area contributed by atoms with Gasteiger partial charge in [-0.15, -0.1) is 0 Å². The number of rotatable bonds is 19. The molecule has 0 aliphatic rings. The molecule has 0 aromatic heterocycles. The molecular weight excluding hydrogens is 364 g/mol. The molecule has 0 aliphatic carbocycles. The fourth-order valence-corrected chi connectivity index (χ4v) is 4.58. The number of hydrogen-bond acceptors (Lipinski definition) is 3. The molecule has 172 valence electrons. The van der Waals surface area contributed by atoms with Gasteiger partial charge in [-0.2, -0.15) is 0 Å². The molecule has 0 rings (SSSR count). The van der Waals surface area contributed by atoms with E-state index in [1.54, 1.807) is 0 Å². The number of esters is 1. The number of carbonyl (C=O) groups is 2. The van der Waals surface area contributed by atoms with Gasteiger partial charge in [-0.3, -0.25) is 9.59 Å². The van der Waals surface area contributed by atoms with E-state index in [9.17, 15) is 9.59 Å². The minimum absolute atomic E-state index is 0.120. The quantitative estimate of drug-likeness (QED) is 0.176. The molecule has 0 heterocycles. The van der Waals surface area contributed by atoms with Crippen LogP contribution in [-0.4, -0.2) is 22.6 Å². The van der Waals surface area contributed by atoms with Crippen LogP contribution >= 0.6 is 0 Å². The Balaban J connectivity index is 5.12. The van der Waals surface area contributed by atoms with Crippen LogP contribution in [-0.2, 0) is 14.3 Å². The van der Waals surface area contributed by atoms with Gasteiger partial charge in [-0.1, -0.05) is 79.6 Å². The maximum absolute atomic E-state index is 12.7. The molecule has 0 amide bonds. The van der Waals surface area contributed by atoms with Crippen molar-refractivity contribution in [3.63, 3.8) is 0 Å². The van der Waals surface area contributed by atoms with Crippen molar-refractivity contribution < 1.29 is 19.4 Å². The third-order valence-electron chi connectivity index (χ3n) is 6.36. The zero-order valence-corrected chi connectivity index (χ0v) is 19.9. The number of aliphatic carboxylic acids is 1. The maximum Gasteiger partial charge on any atom is 0.306 e. The largest absolute Gasteiger partial charge is 0.481 e. The minimum Gasteiger partial charge on any atom is -0.481 e. The first-order chi connectivity index (χ1) is 13.8. The summed E-state index contributed by atoms with van der Waals surface area (Å²) in [6.45, 7) is 11.1. The van der Waals surface area contributed by atoms with Crippen molar-refractivity contribution in [3.05, 3.63) is 0 Å². The van der Waals surface area contributed by atoms with E-state index < -0.39 is 5.97 Å². The number of carboxylic acids is 1. The zero-order valence-electron chi connectivity index (χ0n) is 19.9. The van der Waals surface area contributed by atoms with Crippen molar-refractivity contribution in [2.75, 3.05) is 0 Å². The van der Waals surface area contributed by atoms with E-state index in [4.69, 9.17) is 9.84 Å². The minimum atomic E-state index is -0.802. The first-order valence-electron chi connectivity index (χ1n) is 12.3. The van der Waals surface area contributed by atoms with Crippen LogP contribution in [0.1, 0.15) is 131 Å². The predicted molar refractivity (Wildman–Crippen MR) is 121 cm³/mol. The fourth-order valence-electron chi connectivity index (χ4n) is 4.58. The van der Waals surface area contributed by atoms with Crippen LogP contribution in [0.5, 0.6) is 0 Å². The number of carboxylic acid groups (broad SMARTS) is 1. The van der Waals surface area contributed by atoms with Crippen LogP contribution in [0.15, 0.2) is 0 Å². The van der Waals surface area contributed by atoms with Gasteiger partial charge in [0.2, 0.25) is 0 Å². The van der Waals surface area contributed by atoms with Gasteiger partial charge in [0.1, 0.15) is 5.60 Å². The van der Waals surface area contributed by atoms with E-state index in [2.05, 4.69) is 34.6 Å². The molecule has 4 nitrogen and oxygen atoms in total. The van der Waals surface area contributed by atoms with E-state index in [1.165, 1.54) is 32.1 Å². The van der Waals surface area contributed by atoms with Gasteiger partial charge >= 0.3 is 11.9 Å². The Hall–Kier alpha value is -1.06. The molecule has 29 heavy (non-hydrogen) atoms. The van der Waals surface area contributed by atoms with Crippen molar-refractivity contribution in [1.82, 2.24) is 0 Å². The second kappa shape index (κ2) is 16.7. The molecule has 0 fully saturated rings. The topological polar surface area (TPSA) is 63.6 Å². The first kappa shape index (κ1) is 27.9. The Labute approximate surface area is 180 Å². The van der Waals surface area contributed by atoms with Crippen LogP contribution in [0, 0.1) is 11.8 Å². The number of unbranched alkanes of at least 4 members (excludes halogenated alkanes) is 6. The highest BCUT2D eigenvalue weighted by atomic mass is 16.6. The van der Waals surface area contributed by atoms with Crippen molar-refractivity contribution in [2.45, 2.75) is 137 Å². The molecule has 0 aromatic rings. The smallest absolute Gasteiger partial charge is 0.306 e. The average Bonchev–Trinajstić information content (AvgIpc) is 2.67. The molecule has 0 radical (unpaired) electrons. The maximum atomic E-state index is 12.7. The summed E-state index contributed by atoms with van der Waals surface area (Å²) < 4.78 is 6.32.